The Labute approximate surface area is 117 Å². The van der Waals surface area contributed by atoms with Crippen LogP contribution < -0.4 is 9.47 Å². The highest BCUT2D eigenvalue weighted by molar-refractivity contribution is 9.08. The summed E-state index contributed by atoms with van der Waals surface area (Å²) in [5.74, 6) is 1.75. The smallest absolute Gasteiger partial charge is 0.123 e. The van der Waals surface area contributed by atoms with Gasteiger partial charge in [-0.25, -0.2) is 0 Å². The Bertz CT molecular complexity index is 395. The van der Waals surface area contributed by atoms with Gasteiger partial charge in [-0.1, -0.05) is 15.9 Å². The lowest BCUT2D eigenvalue weighted by Crippen LogP contribution is -2.18. The summed E-state index contributed by atoms with van der Waals surface area (Å²) < 4.78 is 16.8. The summed E-state index contributed by atoms with van der Waals surface area (Å²) in [6.07, 6.45) is 2.80. The van der Waals surface area contributed by atoms with Gasteiger partial charge in [0.1, 0.15) is 18.1 Å². The van der Waals surface area contributed by atoms with Gasteiger partial charge in [0, 0.05) is 10.9 Å². The van der Waals surface area contributed by atoms with Crippen LogP contribution in [0.25, 0.3) is 0 Å². The van der Waals surface area contributed by atoms with Gasteiger partial charge in [0.15, 0.2) is 0 Å². The van der Waals surface area contributed by atoms with Crippen molar-refractivity contribution in [2.75, 3.05) is 13.7 Å². The third kappa shape index (κ3) is 3.39. The number of ether oxygens (including phenoxy) is 3. The summed E-state index contributed by atoms with van der Waals surface area (Å²) in [6, 6.07) is 5.86. The highest BCUT2D eigenvalue weighted by atomic mass is 79.9. The standard InChI is InChI=1S/C14H19BrO3/c1-10-3-4-13(18-10)9-17-14-6-5-12(16-2)7-11(14)8-15/h5-7,10,13H,3-4,8-9H2,1-2H3. The molecule has 1 aromatic rings. The Morgan fingerprint density at radius 1 is 1.39 bits per heavy atom. The van der Waals surface area contributed by atoms with Crippen molar-refractivity contribution in [3.05, 3.63) is 23.8 Å². The molecule has 1 heterocycles. The van der Waals surface area contributed by atoms with Crippen LogP contribution in [0.4, 0.5) is 0 Å². The molecule has 2 rings (SSSR count). The van der Waals surface area contributed by atoms with Gasteiger partial charge >= 0.3 is 0 Å². The first kappa shape index (κ1) is 13.7. The molecule has 18 heavy (non-hydrogen) atoms. The van der Waals surface area contributed by atoms with Gasteiger partial charge in [0.2, 0.25) is 0 Å². The molecule has 0 spiro atoms. The molecule has 0 saturated carbocycles. The molecule has 0 N–H and O–H groups in total. The quantitative estimate of drug-likeness (QED) is 0.778. The molecule has 0 amide bonds. The van der Waals surface area contributed by atoms with Gasteiger partial charge in [-0.15, -0.1) is 0 Å². The van der Waals surface area contributed by atoms with Gasteiger partial charge < -0.3 is 14.2 Å². The molecule has 0 aromatic heterocycles. The topological polar surface area (TPSA) is 27.7 Å². The summed E-state index contributed by atoms with van der Waals surface area (Å²) in [5.41, 5.74) is 1.10. The molecule has 1 saturated heterocycles. The predicted octanol–water partition coefficient (Wildman–Crippen LogP) is 3.54. The molecule has 4 heteroatoms. The van der Waals surface area contributed by atoms with Crippen LogP contribution in [0.3, 0.4) is 0 Å². The predicted molar refractivity (Wildman–Crippen MR) is 74.7 cm³/mol. The van der Waals surface area contributed by atoms with E-state index in [1.807, 2.05) is 18.2 Å². The molecule has 2 unspecified atom stereocenters. The van der Waals surface area contributed by atoms with E-state index in [2.05, 4.69) is 22.9 Å². The molecule has 1 fully saturated rings. The number of hydrogen-bond donors (Lipinski definition) is 0. The molecule has 2 atom stereocenters. The van der Waals surface area contributed by atoms with Crippen LogP contribution in [-0.4, -0.2) is 25.9 Å². The molecule has 1 aromatic carbocycles. The van der Waals surface area contributed by atoms with Crippen molar-refractivity contribution in [2.24, 2.45) is 0 Å². The van der Waals surface area contributed by atoms with Crippen molar-refractivity contribution in [3.8, 4) is 11.5 Å². The van der Waals surface area contributed by atoms with Gasteiger partial charge in [-0.05, 0) is 38.0 Å². The van der Waals surface area contributed by atoms with E-state index in [1.54, 1.807) is 7.11 Å². The highest BCUT2D eigenvalue weighted by Gasteiger charge is 2.22. The molecule has 0 bridgehead atoms. The second kappa shape index (κ2) is 6.43. The summed E-state index contributed by atoms with van der Waals surface area (Å²) in [4.78, 5) is 0. The summed E-state index contributed by atoms with van der Waals surface area (Å²) >= 11 is 3.47. The maximum atomic E-state index is 5.85. The van der Waals surface area contributed by atoms with E-state index in [9.17, 15) is 0 Å². The lowest BCUT2D eigenvalue weighted by molar-refractivity contribution is 0.0263. The van der Waals surface area contributed by atoms with Gasteiger partial charge in [0.05, 0.1) is 19.3 Å². The summed E-state index contributed by atoms with van der Waals surface area (Å²) in [6.45, 7) is 2.73. The minimum absolute atomic E-state index is 0.227. The summed E-state index contributed by atoms with van der Waals surface area (Å²) in [7, 11) is 1.67. The zero-order chi connectivity index (χ0) is 13.0. The lowest BCUT2D eigenvalue weighted by atomic mass is 10.2. The first-order chi connectivity index (χ1) is 8.72. The molecular formula is C14H19BrO3. The van der Waals surface area contributed by atoms with Crippen LogP contribution >= 0.6 is 15.9 Å². The molecule has 100 valence electrons. The van der Waals surface area contributed by atoms with E-state index >= 15 is 0 Å². The third-order valence-electron chi connectivity index (χ3n) is 3.16. The SMILES string of the molecule is COc1ccc(OCC2CCC(C)O2)c(CBr)c1. The number of alkyl halides is 1. The fourth-order valence-corrected chi connectivity index (χ4v) is 2.56. The van der Waals surface area contributed by atoms with Crippen molar-refractivity contribution in [1.29, 1.82) is 0 Å². The minimum atomic E-state index is 0.227. The van der Waals surface area contributed by atoms with Crippen LogP contribution in [0.2, 0.25) is 0 Å². The van der Waals surface area contributed by atoms with Crippen LogP contribution in [0.1, 0.15) is 25.3 Å². The Hall–Kier alpha value is -0.740. The first-order valence-electron chi connectivity index (χ1n) is 6.24. The van der Waals surface area contributed by atoms with E-state index in [0.29, 0.717) is 12.7 Å². The summed E-state index contributed by atoms with van der Waals surface area (Å²) in [5, 5.41) is 0.751. The van der Waals surface area contributed by atoms with E-state index in [0.717, 1.165) is 35.2 Å². The van der Waals surface area contributed by atoms with E-state index < -0.39 is 0 Å². The molecule has 0 radical (unpaired) electrons. The lowest BCUT2D eigenvalue weighted by Gasteiger charge is -2.15. The second-order valence-electron chi connectivity index (χ2n) is 4.56. The molecule has 0 aliphatic carbocycles. The van der Waals surface area contributed by atoms with E-state index in [4.69, 9.17) is 14.2 Å². The number of methoxy groups -OCH3 is 1. The van der Waals surface area contributed by atoms with E-state index in [1.165, 1.54) is 0 Å². The number of rotatable bonds is 5. The average Bonchev–Trinajstić information content (AvgIpc) is 2.82. The fraction of sp³-hybridized carbons (Fsp3) is 0.571. The Morgan fingerprint density at radius 2 is 2.22 bits per heavy atom. The van der Waals surface area contributed by atoms with Gasteiger partial charge in [0.25, 0.3) is 0 Å². The van der Waals surface area contributed by atoms with Crippen molar-refractivity contribution in [3.63, 3.8) is 0 Å². The van der Waals surface area contributed by atoms with Crippen molar-refractivity contribution in [2.45, 2.75) is 37.3 Å². The molecule has 1 aliphatic rings. The van der Waals surface area contributed by atoms with Gasteiger partial charge in [-0.2, -0.15) is 0 Å². The Kier molecular flexibility index (Phi) is 4.89. The Morgan fingerprint density at radius 3 is 2.83 bits per heavy atom. The molecule has 3 nitrogen and oxygen atoms in total. The maximum Gasteiger partial charge on any atom is 0.123 e. The highest BCUT2D eigenvalue weighted by Crippen LogP contribution is 2.27. The van der Waals surface area contributed by atoms with Crippen LogP contribution in [0, 0.1) is 0 Å². The first-order valence-corrected chi connectivity index (χ1v) is 7.36. The zero-order valence-electron chi connectivity index (χ0n) is 10.8. The molecular weight excluding hydrogens is 296 g/mol. The van der Waals surface area contributed by atoms with E-state index in [-0.39, 0.29) is 6.10 Å². The fourth-order valence-electron chi connectivity index (χ4n) is 2.12. The maximum absolute atomic E-state index is 5.85. The van der Waals surface area contributed by atoms with Crippen molar-refractivity contribution < 1.29 is 14.2 Å². The third-order valence-corrected chi connectivity index (χ3v) is 3.76. The van der Waals surface area contributed by atoms with Crippen molar-refractivity contribution >= 4 is 15.9 Å². The minimum Gasteiger partial charge on any atom is -0.497 e. The van der Waals surface area contributed by atoms with Crippen molar-refractivity contribution in [1.82, 2.24) is 0 Å². The average molecular weight is 315 g/mol. The number of benzene rings is 1. The largest absolute Gasteiger partial charge is 0.497 e. The Balaban J connectivity index is 1.96. The van der Waals surface area contributed by atoms with Crippen LogP contribution in [0.5, 0.6) is 11.5 Å². The van der Waals surface area contributed by atoms with Crippen LogP contribution in [0.15, 0.2) is 18.2 Å². The van der Waals surface area contributed by atoms with Crippen LogP contribution in [-0.2, 0) is 10.1 Å². The van der Waals surface area contributed by atoms with Gasteiger partial charge in [-0.3, -0.25) is 0 Å². The second-order valence-corrected chi connectivity index (χ2v) is 5.13. The zero-order valence-corrected chi connectivity index (χ0v) is 12.4. The normalized spacial score (nSPS) is 23.1. The number of hydrogen-bond acceptors (Lipinski definition) is 3. The number of halogens is 1. The monoisotopic (exact) mass is 314 g/mol. The molecule has 1 aliphatic heterocycles.